The summed E-state index contributed by atoms with van der Waals surface area (Å²) < 4.78 is 8.20. The Balaban J connectivity index is 2.03. The Morgan fingerprint density at radius 2 is 2.06 bits per heavy atom. The monoisotopic (exact) mass is 216 g/mol. The molecule has 1 aromatic heterocycles. The van der Waals surface area contributed by atoms with Gasteiger partial charge in [-0.2, -0.15) is 0 Å². The zero-order chi connectivity index (χ0) is 11.2. The predicted molar refractivity (Wildman–Crippen MR) is 64.8 cm³/mol. The van der Waals surface area contributed by atoms with E-state index in [1.54, 1.807) is 0 Å². The van der Waals surface area contributed by atoms with E-state index in [1.807, 2.05) is 0 Å². The van der Waals surface area contributed by atoms with Gasteiger partial charge in [0.1, 0.15) is 11.4 Å². The van der Waals surface area contributed by atoms with E-state index < -0.39 is 0 Å². The van der Waals surface area contributed by atoms with Crippen LogP contribution in [0.2, 0.25) is 0 Å². The lowest BCUT2D eigenvalue weighted by Gasteiger charge is -2.39. The molecule has 1 saturated heterocycles. The molecule has 0 radical (unpaired) electrons. The Hall–Kier alpha value is -1.48. The standard InChI is InChI=1S/C13H16N2O/c1-13(8-14-9-13)16-12-7-15(2)11-6-4-3-5-10(11)12/h3-7,14H,8-9H2,1-2H3. The van der Waals surface area contributed by atoms with Crippen LogP contribution in [0.4, 0.5) is 0 Å². The molecule has 84 valence electrons. The van der Waals surface area contributed by atoms with E-state index >= 15 is 0 Å². The fourth-order valence-corrected chi connectivity index (χ4v) is 2.20. The molecule has 3 heteroatoms. The third kappa shape index (κ3) is 1.39. The molecule has 0 aliphatic carbocycles. The van der Waals surface area contributed by atoms with Crippen LogP contribution >= 0.6 is 0 Å². The van der Waals surface area contributed by atoms with Crippen molar-refractivity contribution in [3.05, 3.63) is 30.5 Å². The number of benzene rings is 1. The molecular formula is C13H16N2O. The molecule has 2 aromatic rings. The Labute approximate surface area is 95.0 Å². The summed E-state index contributed by atoms with van der Waals surface area (Å²) in [5, 5.41) is 4.44. The van der Waals surface area contributed by atoms with Gasteiger partial charge in [-0.05, 0) is 19.1 Å². The summed E-state index contributed by atoms with van der Waals surface area (Å²) >= 11 is 0. The van der Waals surface area contributed by atoms with Gasteiger partial charge in [0.2, 0.25) is 0 Å². The van der Waals surface area contributed by atoms with Gasteiger partial charge in [0.05, 0.1) is 5.52 Å². The van der Waals surface area contributed by atoms with Crippen molar-refractivity contribution in [3.63, 3.8) is 0 Å². The van der Waals surface area contributed by atoms with Crippen molar-refractivity contribution in [3.8, 4) is 5.75 Å². The maximum absolute atomic E-state index is 6.09. The van der Waals surface area contributed by atoms with Gasteiger partial charge in [-0.15, -0.1) is 0 Å². The number of aromatic nitrogens is 1. The minimum absolute atomic E-state index is 0.0376. The average molecular weight is 216 g/mol. The number of hydrogen-bond donors (Lipinski definition) is 1. The molecule has 0 atom stereocenters. The lowest BCUT2D eigenvalue weighted by molar-refractivity contribution is 0.0362. The van der Waals surface area contributed by atoms with Crippen LogP contribution in [0.25, 0.3) is 10.9 Å². The molecule has 0 bridgehead atoms. The van der Waals surface area contributed by atoms with E-state index in [9.17, 15) is 0 Å². The molecule has 0 saturated carbocycles. The maximum Gasteiger partial charge on any atom is 0.145 e. The largest absolute Gasteiger partial charge is 0.483 e. The number of aryl methyl sites for hydroxylation is 1. The zero-order valence-corrected chi connectivity index (χ0v) is 9.66. The van der Waals surface area contributed by atoms with E-state index in [-0.39, 0.29) is 5.60 Å². The number of nitrogens with zero attached hydrogens (tertiary/aromatic N) is 1. The van der Waals surface area contributed by atoms with Gasteiger partial charge in [0.25, 0.3) is 0 Å². The van der Waals surface area contributed by atoms with Crippen molar-refractivity contribution < 1.29 is 4.74 Å². The molecule has 0 amide bonds. The number of nitrogens with one attached hydrogen (secondary N) is 1. The second-order valence-corrected chi connectivity index (χ2v) is 4.78. The van der Waals surface area contributed by atoms with Crippen molar-refractivity contribution >= 4 is 10.9 Å². The highest BCUT2D eigenvalue weighted by Crippen LogP contribution is 2.31. The highest BCUT2D eigenvalue weighted by molar-refractivity contribution is 5.86. The SMILES string of the molecule is Cn1cc(OC2(C)CNC2)c2ccccc21. The van der Waals surface area contributed by atoms with Crippen LogP contribution in [0, 0.1) is 0 Å². The first-order chi connectivity index (χ1) is 7.68. The molecule has 16 heavy (non-hydrogen) atoms. The molecule has 2 heterocycles. The fraction of sp³-hybridized carbons (Fsp3) is 0.385. The van der Waals surface area contributed by atoms with Crippen molar-refractivity contribution in [1.29, 1.82) is 0 Å². The van der Waals surface area contributed by atoms with E-state index in [2.05, 4.69) is 54.3 Å². The minimum Gasteiger partial charge on any atom is -0.483 e. The van der Waals surface area contributed by atoms with Gasteiger partial charge in [-0.25, -0.2) is 0 Å². The molecule has 1 aliphatic heterocycles. The Bertz CT molecular complexity index is 526. The third-order valence-electron chi connectivity index (χ3n) is 3.21. The first-order valence-electron chi connectivity index (χ1n) is 5.62. The Morgan fingerprint density at radius 1 is 1.31 bits per heavy atom. The maximum atomic E-state index is 6.09. The molecule has 3 rings (SSSR count). The number of para-hydroxylation sites is 1. The van der Waals surface area contributed by atoms with Crippen LogP contribution < -0.4 is 10.1 Å². The first kappa shape index (κ1) is 9.73. The first-order valence-corrected chi connectivity index (χ1v) is 5.62. The summed E-state index contributed by atoms with van der Waals surface area (Å²) in [4.78, 5) is 0. The van der Waals surface area contributed by atoms with Crippen LogP contribution in [0.5, 0.6) is 5.75 Å². The summed E-state index contributed by atoms with van der Waals surface area (Å²) in [5.41, 5.74) is 1.18. The van der Waals surface area contributed by atoms with Crippen LogP contribution in [0.1, 0.15) is 6.92 Å². The molecule has 0 unspecified atom stereocenters. The van der Waals surface area contributed by atoms with Crippen molar-refractivity contribution in [2.75, 3.05) is 13.1 Å². The van der Waals surface area contributed by atoms with Gasteiger partial charge in [-0.1, -0.05) is 12.1 Å². The summed E-state index contributed by atoms with van der Waals surface area (Å²) in [6.07, 6.45) is 2.06. The summed E-state index contributed by atoms with van der Waals surface area (Å²) in [6, 6.07) is 8.33. The normalized spacial score (nSPS) is 18.4. The highest BCUT2D eigenvalue weighted by Gasteiger charge is 2.34. The smallest absolute Gasteiger partial charge is 0.145 e. The number of hydrogen-bond acceptors (Lipinski definition) is 2. The van der Waals surface area contributed by atoms with E-state index in [1.165, 1.54) is 10.9 Å². The predicted octanol–water partition coefficient (Wildman–Crippen LogP) is 1.92. The van der Waals surface area contributed by atoms with Gasteiger partial charge in [0, 0.05) is 31.7 Å². The van der Waals surface area contributed by atoms with Crippen LogP contribution in [0.3, 0.4) is 0 Å². The Morgan fingerprint density at radius 3 is 2.75 bits per heavy atom. The van der Waals surface area contributed by atoms with Gasteiger partial charge in [-0.3, -0.25) is 0 Å². The van der Waals surface area contributed by atoms with Gasteiger partial charge >= 0.3 is 0 Å². The number of rotatable bonds is 2. The second-order valence-electron chi connectivity index (χ2n) is 4.78. The van der Waals surface area contributed by atoms with Gasteiger partial charge in [0.15, 0.2) is 0 Å². The zero-order valence-electron chi connectivity index (χ0n) is 9.66. The number of fused-ring (bicyclic) bond motifs is 1. The topological polar surface area (TPSA) is 26.2 Å². The average Bonchev–Trinajstić information content (AvgIpc) is 2.55. The second kappa shape index (κ2) is 3.25. The summed E-state index contributed by atoms with van der Waals surface area (Å²) in [6.45, 7) is 4.00. The van der Waals surface area contributed by atoms with Crippen LogP contribution in [0.15, 0.2) is 30.5 Å². The molecule has 3 nitrogen and oxygen atoms in total. The molecule has 1 aliphatic rings. The lowest BCUT2D eigenvalue weighted by atomic mass is 10.00. The Kier molecular flexibility index (Phi) is 1.98. The third-order valence-corrected chi connectivity index (χ3v) is 3.21. The molecule has 0 spiro atoms. The van der Waals surface area contributed by atoms with E-state index in [0.29, 0.717) is 0 Å². The van der Waals surface area contributed by atoms with Crippen molar-refractivity contribution in [2.45, 2.75) is 12.5 Å². The van der Waals surface area contributed by atoms with Crippen LogP contribution in [-0.2, 0) is 7.05 Å². The van der Waals surface area contributed by atoms with Crippen LogP contribution in [-0.4, -0.2) is 23.3 Å². The summed E-state index contributed by atoms with van der Waals surface area (Å²) in [5.74, 6) is 0.988. The fourth-order valence-electron chi connectivity index (χ4n) is 2.20. The summed E-state index contributed by atoms with van der Waals surface area (Å²) in [7, 11) is 2.05. The molecule has 1 N–H and O–H groups in total. The molecule has 1 aromatic carbocycles. The minimum atomic E-state index is -0.0376. The lowest BCUT2D eigenvalue weighted by Crippen LogP contribution is -2.60. The molecular weight excluding hydrogens is 200 g/mol. The van der Waals surface area contributed by atoms with E-state index in [4.69, 9.17) is 4.74 Å². The highest BCUT2D eigenvalue weighted by atomic mass is 16.5. The quantitative estimate of drug-likeness (QED) is 0.830. The van der Waals surface area contributed by atoms with E-state index in [0.717, 1.165) is 18.8 Å². The molecule has 1 fully saturated rings. The van der Waals surface area contributed by atoms with Crippen molar-refractivity contribution in [2.24, 2.45) is 7.05 Å². The number of ether oxygens (including phenoxy) is 1. The van der Waals surface area contributed by atoms with Gasteiger partial charge < -0.3 is 14.6 Å². The van der Waals surface area contributed by atoms with Crippen molar-refractivity contribution in [1.82, 2.24) is 9.88 Å².